The molecule has 0 spiro atoms. The maximum absolute atomic E-state index is 13.4. The van der Waals surface area contributed by atoms with E-state index < -0.39 is 0 Å². The van der Waals surface area contributed by atoms with Gasteiger partial charge in [-0.2, -0.15) is 0 Å². The maximum atomic E-state index is 13.4. The molecule has 0 saturated carbocycles. The zero-order valence-corrected chi connectivity index (χ0v) is 39.7. The molecule has 0 aromatic heterocycles. The molecule has 1 atom stereocenters. The van der Waals surface area contributed by atoms with E-state index in [1.54, 1.807) is 0 Å². The van der Waals surface area contributed by atoms with E-state index in [0.717, 1.165) is 84.1 Å². The van der Waals surface area contributed by atoms with Gasteiger partial charge in [0.2, 0.25) is 0 Å². The molecule has 0 aliphatic rings. The van der Waals surface area contributed by atoms with Gasteiger partial charge in [0.25, 0.3) is 0 Å². The number of unbranched alkanes of at least 4 members (excludes halogenated alkanes) is 2. The number of anilines is 6. The number of ether oxygens (including phenoxy) is 3. The lowest BCUT2D eigenvalue weighted by atomic mass is 9.94. The number of hydrogen-bond donors (Lipinski definition) is 0. The van der Waals surface area contributed by atoms with E-state index in [9.17, 15) is 4.79 Å². The van der Waals surface area contributed by atoms with Crippen LogP contribution >= 0.6 is 0 Å². The lowest BCUT2D eigenvalue weighted by Gasteiger charge is -2.31. The third-order valence-corrected chi connectivity index (χ3v) is 12.4. The molecule has 0 fully saturated rings. The van der Waals surface area contributed by atoms with Gasteiger partial charge in [0, 0.05) is 45.3 Å². The first-order chi connectivity index (χ1) is 32.1. The lowest BCUT2D eigenvalue weighted by molar-refractivity contribution is 0.0680. The molecule has 7 rings (SSSR count). The quantitative estimate of drug-likeness (QED) is 0.0471. The fourth-order valence-electron chi connectivity index (χ4n) is 8.68. The SMILES string of the molecule is CCCCCC(C)(CC)Oc1ccc(N(c2ccccc2)c2ccc(N(c3ccccc3)c3ccc(Oc4ccc(C(=O)c5ccc(OC(C)(CCC)CCC)cc5)cc4)cc3)cc2)cc1. The summed E-state index contributed by atoms with van der Waals surface area (Å²) in [6.07, 6.45) is 9.70. The van der Waals surface area contributed by atoms with Gasteiger partial charge in [-0.1, -0.05) is 89.8 Å². The minimum atomic E-state index is -0.207. The summed E-state index contributed by atoms with van der Waals surface area (Å²) in [7, 11) is 0. The predicted molar refractivity (Wildman–Crippen MR) is 275 cm³/mol. The Bertz CT molecular complexity index is 2540. The largest absolute Gasteiger partial charge is 0.488 e. The van der Waals surface area contributed by atoms with E-state index in [4.69, 9.17) is 14.2 Å². The van der Waals surface area contributed by atoms with Crippen molar-refractivity contribution in [3.63, 3.8) is 0 Å². The van der Waals surface area contributed by atoms with Crippen molar-refractivity contribution in [2.45, 2.75) is 111 Å². The van der Waals surface area contributed by atoms with Crippen LogP contribution in [0, 0.1) is 0 Å². The zero-order valence-electron chi connectivity index (χ0n) is 39.7. The second-order valence-corrected chi connectivity index (χ2v) is 17.7. The first-order valence-corrected chi connectivity index (χ1v) is 23.9. The van der Waals surface area contributed by atoms with E-state index in [1.807, 2.05) is 72.8 Å². The van der Waals surface area contributed by atoms with Gasteiger partial charge in [-0.25, -0.2) is 0 Å². The lowest BCUT2D eigenvalue weighted by Crippen LogP contribution is -2.31. The van der Waals surface area contributed by atoms with Crippen molar-refractivity contribution < 1.29 is 19.0 Å². The Balaban J connectivity index is 1.06. The van der Waals surface area contributed by atoms with Gasteiger partial charge >= 0.3 is 0 Å². The van der Waals surface area contributed by atoms with E-state index in [1.165, 1.54) is 19.3 Å². The number of nitrogens with zero attached hydrogens (tertiary/aromatic N) is 2. The Morgan fingerprint density at radius 1 is 0.394 bits per heavy atom. The van der Waals surface area contributed by atoms with Crippen LogP contribution < -0.4 is 24.0 Å². The summed E-state index contributed by atoms with van der Waals surface area (Å²) >= 11 is 0. The minimum Gasteiger partial charge on any atom is -0.488 e. The molecule has 0 bridgehead atoms. The van der Waals surface area contributed by atoms with E-state index in [-0.39, 0.29) is 17.0 Å². The average molecular weight is 879 g/mol. The topological polar surface area (TPSA) is 51.2 Å². The Morgan fingerprint density at radius 2 is 0.742 bits per heavy atom. The number of hydrogen-bond acceptors (Lipinski definition) is 6. The Kier molecular flexibility index (Phi) is 16.0. The number of carbonyl (C=O) groups excluding carboxylic acids is 1. The van der Waals surface area contributed by atoms with Crippen LogP contribution in [0.15, 0.2) is 182 Å². The molecule has 7 aromatic carbocycles. The molecule has 340 valence electrons. The van der Waals surface area contributed by atoms with Crippen molar-refractivity contribution in [3.05, 3.63) is 193 Å². The van der Waals surface area contributed by atoms with Crippen LogP contribution in [-0.2, 0) is 0 Å². The normalized spacial score (nSPS) is 12.2. The van der Waals surface area contributed by atoms with Gasteiger partial charge in [0.1, 0.15) is 34.2 Å². The zero-order chi connectivity index (χ0) is 46.4. The van der Waals surface area contributed by atoms with Crippen LogP contribution in [0.1, 0.15) is 115 Å². The summed E-state index contributed by atoms with van der Waals surface area (Å²) in [6.45, 7) is 13.2. The van der Waals surface area contributed by atoms with Crippen LogP contribution in [0.25, 0.3) is 0 Å². The molecule has 0 amide bonds. The van der Waals surface area contributed by atoms with Crippen molar-refractivity contribution in [1.82, 2.24) is 0 Å². The van der Waals surface area contributed by atoms with Crippen LogP contribution in [0.2, 0.25) is 0 Å². The Labute approximate surface area is 393 Å². The molecule has 7 aromatic rings. The van der Waals surface area contributed by atoms with Crippen LogP contribution in [0.5, 0.6) is 23.0 Å². The average Bonchev–Trinajstić information content (AvgIpc) is 3.34. The van der Waals surface area contributed by atoms with E-state index in [0.29, 0.717) is 22.6 Å². The van der Waals surface area contributed by atoms with Crippen molar-refractivity contribution in [1.29, 1.82) is 0 Å². The molecule has 1 unspecified atom stereocenters. The molecular weight excluding hydrogens is 813 g/mol. The predicted octanol–water partition coefficient (Wildman–Crippen LogP) is 17.5. The molecule has 0 saturated heterocycles. The summed E-state index contributed by atoms with van der Waals surface area (Å²) in [5, 5.41) is 0. The van der Waals surface area contributed by atoms with Crippen LogP contribution in [-0.4, -0.2) is 17.0 Å². The highest BCUT2D eigenvalue weighted by molar-refractivity contribution is 6.09. The molecule has 6 nitrogen and oxygen atoms in total. The number of carbonyl (C=O) groups is 1. The monoisotopic (exact) mass is 879 g/mol. The standard InChI is InChI=1S/C60H66N2O4/c1-7-11-18-45-59(5,10-4)65-57-41-33-53(34-42-57)62(49-21-16-13-17-22-49)51-29-27-50(28-30-51)61(48-19-14-12-15-20-48)52-31-39-55(40-32-52)64-54-35-23-46(24-36-54)58(63)47-25-37-56(38-26-47)66-60(6,43-8-2)44-9-3/h12-17,19-42H,7-11,18,43-45H2,1-6H3. The molecule has 66 heavy (non-hydrogen) atoms. The Hall–Kier alpha value is -6.79. The number of para-hydroxylation sites is 2. The van der Waals surface area contributed by atoms with Crippen molar-refractivity contribution in [2.75, 3.05) is 9.80 Å². The maximum Gasteiger partial charge on any atom is 0.193 e. The molecule has 0 aliphatic carbocycles. The smallest absolute Gasteiger partial charge is 0.193 e. The van der Waals surface area contributed by atoms with Gasteiger partial charge in [0.05, 0.1) is 0 Å². The van der Waals surface area contributed by atoms with Gasteiger partial charge in [0.15, 0.2) is 5.78 Å². The van der Waals surface area contributed by atoms with Gasteiger partial charge < -0.3 is 24.0 Å². The number of rotatable bonds is 23. The second-order valence-electron chi connectivity index (χ2n) is 17.7. The summed E-state index contributed by atoms with van der Waals surface area (Å²) in [4.78, 5) is 18.0. The summed E-state index contributed by atoms with van der Waals surface area (Å²) in [5.41, 5.74) is 7.04. The van der Waals surface area contributed by atoms with E-state index >= 15 is 0 Å². The molecule has 0 N–H and O–H groups in total. The second kappa shape index (κ2) is 22.4. The van der Waals surface area contributed by atoms with E-state index in [2.05, 4.69) is 161 Å². The van der Waals surface area contributed by atoms with Crippen molar-refractivity contribution in [2.24, 2.45) is 0 Å². The van der Waals surface area contributed by atoms with Crippen LogP contribution in [0.4, 0.5) is 34.1 Å². The first kappa shape index (κ1) is 47.2. The molecule has 0 aliphatic heterocycles. The van der Waals surface area contributed by atoms with Gasteiger partial charge in [-0.15, -0.1) is 0 Å². The highest BCUT2D eigenvalue weighted by Crippen LogP contribution is 2.40. The van der Waals surface area contributed by atoms with Gasteiger partial charge in [-0.3, -0.25) is 4.79 Å². The number of benzene rings is 7. The number of ketones is 1. The third kappa shape index (κ3) is 12.1. The minimum absolute atomic E-state index is 0.0451. The van der Waals surface area contributed by atoms with Crippen LogP contribution in [0.3, 0.4) is 0 Å². The fourth-order valence-corrected chi connectivity index (χ4v) is 8.68. The van der Waals surface area contributed by atoms with Gasteiger partial charge in [-0.05, 0) is 192 Å². The molecule has 0 radical (unpaired) electrons. The summed E-state index contributed by atoms with van der Waals surface area (Å²) < 4.78 is 19.3. The highest BCUT2D eigenvalue weighted by Gasteiger charge is 2.26. The molecule has 6 heteroatoms. The third-order valence-electron chi connectivity index (χ3n) is 12.4. The summed E-state index contributed by atoms with van der Waals surface area (Å²) in [5.74, 6) is 2.98. The molecular formula is C60H66N2O4. The summed E-state index contributed by atoms with van der Waals surface area (Å²) in [6, 6.07) is 61.0. The highest BCUT2D eigenvalue weighted by atomic mass is 16.5. The van der Waals surface area contributed by atoms with Crippen molar-refractivity contribution >= 4 is 39.9 Å². The van der Waals surface area contributed by atoms with Crippen molar-refractivity contribution in [3.8, 4) is 23.0 Å². The molecule has 0 heterocycles. The fraction of sp³-hybridized carbons (Fsp3) is 0.283. The first-order valence-electron chi connectivity index (χ1n) is 23.9. The Morgan fingerprint density at radius 3 is 1.14 bits per heavy atom.